The van der Waals surface area contributed by atoms with E-state index >= 15 is 0 Å². The van der Waals surface area contributed by atoms with Gasteiger partial charge in [0.25, 0.3) is 5.91 Å². The fourth-order valence-electron chi connectivity index (χ4n) is 3.56. The summed E-state index contributed by atoms with van der Waals surface area (Å²) in [5.74, 6) is 0.227. The molecule has 4 aromatic rings. The van der Waals surface area contributed by atoms with Crippen LogP contribution in [0.25, 0.3) is 17.0 Å². The lowest BCUT2D eigenvalue weighted by atomic mass is 10.1. The zero-order chi connectivity index (χ0) is 25.2. The van der Waals surface area contributed by atoms with Crippen LogP contribution in [0.15, 0.2) is 91.1 Å². The second-order valence-corrected chi connectivity index (χ2v) is 8.51. The molecule has 0 saturated carbocycles. The monoisotopic (exact) mass is 499 g/mol. The van der Waals surface area contributed by atoms with E-state index in [-0.39, 0.29) is 18.3 Å². The molecule has 2 N–H and O–H groups in total. The summed E-state index contributed by atoms with van der Waals surface area (Å²) < 4.78 is 5.54. The third-order valence-corrected chi connectivity index (χ3v) is 5.67. The van der Waals surface area contributed by atoms with Crippen LogP contribution in [0.1, 0.15) is 22.3 Å². The van der Waals surface area contributed by atoms with Gasteiger partial charge in [0.05, 0.1) is 5.52 Å². The largest absolute Gasteiger partial charge is 0.484 e. The zero-order valence-corrected chi connectivity index (χ0v) is 20.4. The Bertz CT molecular complexity index is 1360. The van der Waals surface area contributed by atoms with Crippen molar-refractivity contribution in [1.82, 2.24) is 10.3 Å². The van der Waals surface area contributed by atoms with Crippen LogP contribution in [-0.4, -0.2) is 36.4 Å². The molecule has 1 aromatic heterocycles. The highest BCUT2D eigenvalue weighted by molar-refractivity contribution is 6.31. The van der Waals surface area contributed by atoms with Crippen LogP contribution in [-0.2, 0) is 4.79 Å². The Labute approximate surface area is 215 Å². The van der Waals surface area contributed by atoms with Crippen molar-refractivity contribution >= 4 is 46.0 Å². The first-order valence-electron chi connectivity index (χ1n) is 11.6. The van der Waals surface area contributed by atoms with E-state index in [0.29, 0.717) is 29.4 Å². The maximum absolute atomic E-state index is 12.3. The Morgan fingerprint density at radius 3 is 2.56 bits per heavy atom. The SMILES string of the molecule is O=C(COc1ccc(C(=O)/C=C/c2ccccc2)cc1)NCCCNc1ccnc2cc(Cl)ccc12. The van der Waals surface area contributed by atoms with Gasteiger partial charge in [0.15, 0.2) is 12.4 Å². The van der Waals surface area contributed by atoms with Crippen LogP contribution in [0.4, 0.5) is 5.69 Å². The predicted octanol–water partition coefficient (Wildman–Crippen LogP) is 5.78. The van der Waals surface area contributed by atoms with Gasteiger partial charge < -0.3 is 15.4 Å². The van der Waals surface area contributed by atoms with Crippen molar-refractivity contribution in [2.75, 3.05) is 25.0 Å². The van der Waals surface area contributed by atoms with Gasteiger partial charge in [-0.25, -0.2) is 0 Å². The first-order chi connectivity index (χ1) is 17.6. The number of anilines is 1. The lowest BCUT2D eigenvalue weighted by molar-refractivity contribution is -0.123. The van der Waals surface area contributed by atoms with Gasteiger partial charge in [-0.2, -0.15) is 0 Å². The number of fused-ring (bicyclic) bond motifs is 1. The molecule has 0 unspecified atom stereocenters. The number of nitrogens with one attached hydrogen (secondary N) is 2. The standard InChI is InChI=1S/C29H26ClN3O3/c30-23-10-13-25-26(15-18-32-27(25)19-23)31-16-4-17-33-29(35)20-36-24-11-8-22(9-12-24)28(34)14-7-21-5-2-1-3-6-21/h1-3,5-15,18-19H,4,16-17,20H2,(H,31,32)(H,33,35)/b14-7+. The lowest BCUT2D eigenvalue weighted by Gasteiger charge is -2.10. The van der Waals surface area contributed by atoms with Gasteiger partial charge in [-0.3, -0.25) is 14.6 Å². The highest BCUT2D eigenvalue weighted by Crippen LogP contribution is 2.24. The number of carbonyl (C=O) groups excluding carboxylic acids is 2. The third-order valence-electron chi connectivity index (χ3n) is 5.43. The van der Waals surface area contributed by atoms with Gasteiger partial charge >= 0.3 is 0 Å². The Hall–Kier alpha value is -4.16. The minimum atomic E-state index is -0.204. The summed E-state index contributed by atoms with van der Waals surface area (Å²) >= 11 is 6.03. The van der Waals surface area contributed by atoms with Crippen molar-refractivity contribution < 1.29 is 14.3 Å². The van der Waals surface area contributed by atoms with Crippen LogP contribution < -0.4 is 15.4 Å². The molecule has 0 aliphatic carbocycles. The first-order valence-corrected chi connectivity index (χ1v) is 12.0. The summed E-state index contributed by atoms with van der Waals surface area (Å²) in [4.78, 5) is 28.8. The molecular weight excluding hydrogens is 474 g/mol. The predicted molar refractivity (Wildman–Crippen MR) is 145 cm³/mol. The number of allylic oxidation sites excluding steroid dienone is 1. The normalized spacial score (nSPS) is 10.9. The van der Waals surface area contributed by atoms with Gasteiger partial charge in [0.1, 0.15) is 5.75 Å². The molecule has 3 aromatic carbocycles. The van der Waals surface area contributed by atoms with Crippen molar-refractivity contribution in [2.45, 2.75) is 6.42 Å². The van der Waals surface area contributed by atoms with Gasteiger partial charge in [-0.15, -0.1) is 0 Å². The second kappa shape index (κ2) is 12.5. The van der Waals surface area contributed by atoms with Crippen molar-refractivity contribution in [2.24, 2.45) is 0 Å². The van der Waals surface area contributed by atoms with Crippen molar-refractivity contribution in [3.63, 3.8) is 0 Å². The minimum absolute atomic E-state index is 0.0929. The number of carbonyl (C=O) groups is 2. The molecule has 0 radical (unpaired) electrons. The van der Waals surface area contributed by atoms with Gasteiger partial charge in [-0.05, 0) is 66.6 Å². The number of rotatable bonds is 11. The van der Waals surface area contributed by atoms with Gasteiger partial charge in [-0.1, -0.05) is 48.0 Å². The van der Waals surface area contributed by atoms with E-state index in [1.807, 2.05) is 54.6 Å². The maximum atomic E-state index is 12.3. The highest BCUT2D eigenvalue weighted by atomic mass is 35.5. The third kappa shape index (κ3) is 7.17. The first kappa shape index (κ1) is 24.9. The van der Waals surface area contributed by atoms with E-state index in [1.165, 1.54) is 0 Å². The smallest absolute Gasteiger partial charge is 0.257 e. The number of hydrogen-bond donors (Lipinski definition) is 2. The van der Waals surface area contributed by atoms with Crippen LogP contribution in [0, 0.1) is 0 Å². The van der Waals surface area contributed by atoms with Crippen LogP contribution >= 0.6 is 11.6 Å². The lowest BCUT2D eigenvalue weighted by Crippen LogP contribution is -2.30. The summed E-state index contributed by atoms with van der Waals surface area (Å²) in [5, 5.41) is 7.87. The molecule has 0 fully saturated rings. The average Bonchev–Trinajstić information content (AvgIpc) is 2.91. The average molecular weight is 500 g/mol. The summed E-state index contributed by atoms with van der Waals surface area (Å²) in [5.41, 5.74) is 3.32. The fourth-order valence-corrected chi connectivity index (χ4v) is 3.73. The number of pyridine rings is 1. The minimum Gasteiger partial charge on any atom is -0.484 e. The van der Waals surface area contributed by atoms with E-state index < -0.39 is 0 Å². The van der Waals surface area contributed by atoms with E-state index in [9.17, 15) is 9.59 Å². The van der Waals surface area contributed by atoms with E-state index in [2.05, 4.69) is 15.6 Å². The topological polar surface area (TPSA) is 80.3 Å². The van der Waals surface area contributed by atoms with Gasteiger partial charge in [0, 0.05) is 40.9 Å². The molecule has 0 aliphatic rings. The molecular formula is C29H26ClN3O3. The molecule has 7 heteroatoms. The van der Waals surface area contributed by atoms with Gasteiger partial charge in [0.2, 0.25) is 0 Å². The van der Waals surface area contributed by atoms with E-state index in [1.54, 1.807) is 42.6 Å². The molecule has 182 valence electrons. The molecule has 0 atom stereocenters. The Morgan fingerprint density at radius 2 is 1.75 bits per heavy atom. The molecule has 0 saturated heterocycles. The molecule has 0 aliphatic heterocycles. The second-order valence-electron chi connectivity index (χ2n) is 8.07. The quantitative estimate of drug-likeness (QED) is 0.155. The Morgan fingerprint density at radius 1 is 0.944 bits per heavy atom. The number of ketones is 1. The van der Waals surface area contributed by atoms with E-state index in [4.69, 9.17) is 16.3 Å². The number of nitrogens with zero attached hydrogens (tertiary/aromatic N) is 1. The highest BCUT2D eigenvalue weighted by Gasteiger charge is 2.06. The van der Waals surface area contributed by atoms with Crippen molar-refractivity contribution in [3.8, 4) is 5.75 Å². The molecule has 1 heterocycles. The number of aromatic nitrogens is 1. The molecule has 6 nitrogen and oxygen atoms in total. The molecule has 0 spiro atoms. The molecule has 36 heavy (non-hydrogen) atoms. The Kier molecular flexibility index (Phi) is 8.67. The van der Waals surface area contributed by atoms with E-state index in [0.717, 1.165) is 28.6 Å². The number of amides is 1. The van der Waals surface area contributed by atoms with Crippen molar-refractivity contribution in [1.29, 1.82) is 0 Å². The maximum Gasteiger partial charge on any atom is 0.257 e. The zero-order valence-electron chi connectivity index (χ0n) is 19.6. The number of halogens is 1. The van der Waals surface area contributed by atoms with Crippen molar-refractivity contribution in [3.05, 3.63) is 107 Å². The van der Waals surface area contributed by atoms with Crippen LogP contribution in [0.5, 0.6) is 5.75 Å². The summed E-state index contributed by atoms with van der Waals surface area (Å²) in [7, 11) is 0. The summed E-state index contributed by atoms with van der Waals surface area (Å²) in [6, 6.07) is 23.9. The summed E-state index contributed by atoms with van der Waals surface area (Å²) in [6.07, 6.45) is 5.81. The van der Waals surface area contributed by atoms with Crippen LogP contribution in [0.3, 0.4) is 0 Å². The number of ether oxygens (including phenoxy) is 1. The van der Waals surface area contributed by atoms with Crippen LogP contribution in [0.2, 0.25) is 5.02 Å². The summed E-state index contributed by atoms with van der Waals surface area (Å²) in [6.45, 7) is 1.12. The molecule has 0 bridgehead atoms. The number of hydrogen-bond acceptors (Lipinski definition) is 5. The fraction of sp³-hybridized carbons (Fsp3) is 0.138. The molecule has 1 amide bonds. The molecule has 4 rings (SSSR count). The Balaban J connectivity index is 1.15. The number of benzene rings is 3.